The van der Waals surface area contributed by atoms with Crippen LogP contribution < -0.4 is 11.5 Å². The van der Waals surface area contributed by atoms with Crippen LogP contribution in [-0.2, 0) is 0 Å². The quantitative estimate of drug-likeness (QED) is 0.535. The predicted octanol–water partition coefficient (Wildman–Crippen LogP) is 1.01. The Morgan fingerprint density at radius 1 is 1.25 bits per heavy atom. The molecule has 0 aromatic carbocycles. The van der Waals surface area contributed by atoms with Crippen molar-refractivity contribution in [2.75, 3.05) is 0 Å². The minimum Gasteiger partial charge on any atom is -0.352 e. The highest BCUT2D eigenvalue weighted by Crippen LogP contribution is 2.03. The van der Waals surface area contributed by atoms with Crippen LogP contribution in [0.3, 0.4) is 0 Å². The molecule has 0 aliphatic carbocycles. The maximum atomic E-state index is 9.00. The zero-order valence-corrected chi connectivity index (χ0v) is 6.04. The van der Waals surface area contributed by atoms with Crippen LogP contribution in [0.5, 0.6) is 0 Å². The molecule has 2 amide bonds. The molecule has 0 fully saturated rings. The van der Waals surface area contributed by atoms with Gasteiger partial charge in [-0.05, 0) is 0 Å². The molecule has 0 heterocycles. The van der Waals surface area contributed by atoms with E-state index < -0.39 is 10.3 Å². The number of primary amides is 2. The van der Waals surface area contributed by atoms with Gasteiger partial charge in [0, 0.05) is 0 Å². The number of carbonyl (C=O) groups is 1. The van der Waals surface area contributed by atoms with Gasteiger partial charge < -0.3 is 11.5 Å². The van der Waals surface area contributed by atoms with Crippen molar-refractivity contribution in [2.45, 2.75) is 4.30 Å². The van der Waals surface area contributed by atoms with Crippen LogP contribution in [0.1, 0.15) is 0 Å². The standard InChI is InChI=1S/CHCl3.CH4N2O/c2*2-1(3)4/h1H;(H4,2,3,4). The maximum absolute atomic E-state index is 9.00. The van der Waals surface area contributed by atoms with E-state index in [2.05, 4.69) is 11.5 Å². The third-order valence-corrected chi connectivity index (χ3v) is 0. The second kappa shape index (κ2) is 7.14. The predicted molar refractivity (Wildman–Crippen MR) is 35.1 cm³/mol. The minimum atomic E-state index is -0.833. The first-order valence-electron chi connectivity index (χ1n) is 1.44. The summed E-state index contributed by atoms with van der Waals surface area (Å²) in [6, 6.07) is -0.833. The Bertz CT molecular complexity index is 59.5. The van der Waals surface area contributed by atoms with Crippen molar-refractivity contribution in [3.8, 4) is 0 Å². The summed E-state index contributed by atoms with van der Waals surface area (Å²) in [5.41, 5.74) is 8.50. The van der Waals surface area contributed by atoms with Gasteiger partial charge >= 0.3 is 6.03 Å². The molecule has 0 aliphatic rings. The zero-order valence-electron chi connectivity index (χ0n) is 3.77. The number of halogens is 3. The van der Waals surface area contributed by atoms with Crippen LogP contribution in [0.25, 0.3) is 0 Å². The molecule has 50 valence electrons. The number of amides is 2. The normalized spacial score (nSPS) is 7.50. The van der Waals surface area contributed by atoms with Gasteiger partial charge in [-0.1, -0.05) is 34.8 Å². The Morgan fingerprint density at radius 2 is 1.25 bits per heavy atom. The largest absolute Gasteiger partial charge is 0.352 e. The fourth-order valence-electron chi connectivity index (χ4n) is 0. The van der Waals surface area contributed by atoms with E-state index in [9.17, 15) is 0 Å². The second-order valence-electron chi connectivity index (χ2n) is 0.650. The number of carbonyl (C=O) groups excluding carboxylic acids is 1. The summed E-state index contributed by atoms with van der Waals surface area (Å²) in [5, 5.41) is 0. The highest BCUT2D eigenvalue weighted by Gasteiger charge is 1.78. The summed E-state index contributed by atoms with van der Waals surface area (Å²) in [6.07, 6.45) is 0. The Kier molecular flexibility index (Phi) is 9.82. The molecule has 6 heteroatoms. The summed E-state index contributed by atoms with van der Waals surface area (Å²) in [4.78, 5) is 9.00. The highest BCUT2D eigenvalue weighted by atomic mass is 35.6. The van der Waals surface area contributed by atoms with E-state index in [1.807, 2.05) is 0 Å². The number of rotatable bonds is 0. The lowest BCUT2D eigenvalue weighted by atomic mass is 11.2. The van der Waals surface area contributed by atoms with Crippen molar-refractivity contribution in [1.29, 1.82) is 0 Å². The molecular formula is C2H5Cl3N2O. The summed E-state index contributed by atoms with van der Waals surface area (Å²) < 4.78 is -0.750. The van der Waals surface area contributed by atoms with Crippen molar-refractivity contribution in [1.82, 2.24) is 0 Å². The van der Waals surface area contributed by atoms with E-state index in [-0.39, 0.29) is 0 Å². The summed E-state index contributed by atoms with van der Waals surface area (Å²) in [5.74, 6) is 0. The van der Waals surface area contributed by atoms with Crippen LogP contribution in [0.4, 0.5) is 4.79 Å². The van der Waals surface area contributed by atoms with Gasteiger partial charge in [0.2, 0.25) is 0 Å². The van der Waals surface area contributed by atoms with Gasteiger partial charge in [-0.25, -0.2) is 4.79 Å². The molecule has 0 rings (SSSR count). The first-order chi connectivity index (χ1) is 3.46. The van der Waals surface area contributed by atoms with Gasteiger partial charge in [0.1, 0.15) is 0 Å². The van der Waals surface area contributed by atoms with Crippen LogP contribution in [-0.4, -0.2) is 10.3 Å². The molecule has 0 saturated heterocycles. The summed E-state index contributed by atoms with van der Waals surface area (Å²) in [6.45, 7) is 0. The van der Waals surface area contributed by atoms with Crippen molar-refractivity contribution in [3.63, 3.8) is 0 Å². The van der Waals surface area contributed by atoms with E-state index in [4.69, 9.17) is 39.6 Å². The van der Waals surface area contributed by atoms with Gasteiger partial charge in [-0.2, -0.15) is 0 Å². The molecule has 0 saturated carbocycles. The van der Waals surface area contributed by atoms with Crippen molar-refractivity contribution < 1.29 is 4.79 Å². The monoisotopic (exact) mass is 178 g/mol. The van der Waals surface area contributed by atoms with Gasteiger partial charge in [-0.15, -0.1) is 0 Å². The topological polar surface area (TPSA) is 69.1 Å². The van der Waals surface area contributed by atoms with E-state index >= 15 is 0 Å². The SMILES string of the molecule is ClC(Cl)Cl.NC(N)=O. The van der Waals surface area contributed by atoms with E-state index in [0.29, 0.717) is 0 Å². The molecule has 0 radical (unpaired) electrons. The van der Waals surface area contributed by atoms with E-state index in [1.54, 1.807) is 0 Å². The minimum absolute atomic E-state index is 0.750. The smallest absolute Gasteiger partial charge is 0.309 e. The van der Waals surface area contributed by atoms with Crippen molar-refractivity contribution in [2.24, 2.45) is 11.5 Å². The van der Waals surface area contributed by atoms with Crippen LogP contribution in [0, 0.1) is 0 Å². The molecule has 4 N–H and O–H groups in total. The van der Waals surface area contributed by atoms with Gasteiger partial charge in [0.05, 0.1) is 0 Å². The molecule has 0 aromatic heterocycles. The number of hydrogen-bond donors (Lipinski definition) is 2. The van der Waals surface area contributed by atoms with Crippen LogP contribution in [0.2, 0.25) is 0 Å². The van der Waals surface area contributed by atoms with Gasteiger partial charge in [0.25, 0.3) is 0 Å². The lowest BCUT2D eigenvalue weighted by Crippen LogP contribution is -2.18. The van der Waals surface area contributed by atoms with Gasteiger partial charge in [-0.3, -0.25) is 0 Å². The van der Waals surface area contributed by atoms with E-state index in [0.717, 1.165) is 0 Å². The highest BCUT2D eigenvalue weighted by molar-refractivity contribution is 6.63. The number of alkyl halides is 3. The van der Waals surface area contributed by atoms with Gasteiger partial charge in [0.15, 0.2) is 4.30 Å². The maximum Gasteiger partial charge on any atom is 0.309 e. The lowest BCUT2D eigenvalue weighted by molar-refractivity contribution is 0.256. The third-order valence-electron chi connectivity index (χ3n) is 0. The summed E-state index contributed by atoms with van der Waals surface area (Å²) in [7, 11) is 0. The molecule has 0 aliphatic heterocycles. The number of nitrogens with two attached hydrogens (primary N) is 2. The second-order valence-corrected chi connectivity index (χ2v) is 2.63. The Morgan fingerprint density at radius 3 is 1.25 bits per heavy atom. The number of hydrogen-bond acceptors (Lipinski definition) is 1. The number of urea groups is 1. The first kappa shape index (κ1) is 11.0. The Labute approximate surface area is 61.9 Å². The summed E-state index contributed by atoms with van der Waals surface area (Å²) >= 11 is 14.4. The molecule has 8 heavy (non-hydrogen) atoms. The van der Waals surface area contributed by atoms with Crippen molar-refractivity contribution in [3.05, 3.63) is 0 Å². The first-order valence-corrected chi connectivity index (χ1v) is 2.75. The Balaban J connectivity index is 0. The fraction of sp³-hybridized carbons (Fsp3) is 0.500. The fourth-order valence-corrected chi connectivity index (χ4v) is 0. The molecule has 0 atom stereocenters. The average molecular weight is 179 g/mol. The van der Waals surface area contributed by atoms with Crippen molar-refractivity contribution >= 4 is 40.8 Å². The third kappa shape index (κ3) is 8280. The van der Waals surface area contributed by atoms with Crippen LogP contribution >= 0.6 is 34.8 Å². The molecule has 3 nitrogen and oxygen atoms in total. The molecule has 0 aromatic rings. The molecule has 0 bridgehead atoms. The van der Waals surface area contributed by atoms with E-state index in [1.165, 1.54) is 0 Å². The molecular weight excluding hydrogens is 174 g/mol. The van der Waals surface area contributed by atoms with Crippen LogP contribution in [0.15, 0.2) is 0 Å². The Hall–Kier alpha value is 0.140. The average Bonchev–Trinajstić information content (AvgIpc) is 1.25. The molecule has 0 unspecified atom stereocenters. The lowest BCUT2D eigenvalue weighted by Gasteiger charge is -1.69. The molecule has 0 spiro atoms. The zero-order chi connectivity index (χ0) is 7.15.